The van der Waals surface area contributed by atoms with Crippen LogP contribution in [0.1, 0.15) is 16.7 Å². The van der Waals surface area contributed by atoms with Gasteiger partial charge in [0.2, 0.25) is 0 Å². The predicted octanol–water partition coefficient (Wildman–Crippen LogP) is 3.42. The van der Waals surface area contributed by atoms with E-state index in [9.17, 15) is 4.39 Å². The lowest BCUT2D eigenvalue weighted by Gasteiger charge is -2.07. The molecule has 0 saturated heterocycles. The van der Waals surface area contributed by atoms with E-state index in [1.165, 1.54) is 12.1 Å². The summed E-state index contributed by atoms with van der Waals surface area (Å²) >= 11 is 0. The second-order valence-corrected chi connectivity index (χ2v) is 4.30. The molecule has 0 spiro atoms. The van der Waals surface area contributed by atoms with E-state index in [4.69, 9.17) is 14.7 Å². The number of hydrogen-bond acceptors (Lipinski definition) is 3. The lowest BCUT2D eigenvalue weighted by atomic mass is 10.1. The normalized spacial score (nSPS) is 10.1. The van der Waals surface area contributed by atoms with E-state index in [1.807, 2.05) is 30.3 Å². The molecule has 4 heteroatoms. The van der Waals surface area contributed by atoms with Gasteiger partial charge < -0.3 is 9.47 Å². The van der Waals surface area contributed by atoms with Gasteiger partial charge in [-0.3, -0.25) is 0 Å². The van der Waals surface area contributed by atoms with Crippen molar-refractivity contribution >= 4 is 0 Å². The van der Waals surface area contributed by atoms with Crippen LogP contribution < -0.4 is 4.74 Å². The van der Waals surface area contributed by atoms with Crippen molar-refractivity contribution in [3.05, 3.63) is 65.0 Å². The summed E-state index contributed by atoms with van der Waals surface area (Å²) in [6, 6.07) is 13.7. The van der Waals surface area contributed by atoms with Crippen molar-refractivity contribution in [3.63, 3.8) is 0 Å². The quantitative estimate of drug-likeness (QED) is 0.836. The first-order valence-electron chi connectivity index (χ1n) is 6.11. The maximum Gasteiger partial charge on any atom is 0.124 e. The first-order chi connectivity index (χ1) is 9.71. The minimum atomic E-state index is -0.427. The van der Waals surface area contributed by atoms with E-state index in [0.29, 0.717) is 17.7 Å². The van der Waals surface area contributed by atoms with Crippen molar-refractivity contribution in [2.75, 3.05) is 7.11 Å². The fourth-order valence-corrected chi connectivity index (χ4v) is 1.85. The standard InChI is InChI=1S/C16H14FNO2/c1-19-16-4-2-3-12(8-16)10-20-11-14-5-13(9-18)6-15(17)7-14/h2-8H,10-11H2,1H3. The highest BCUT2D eigenvalue weighted by Gasteiger charge is 2.02. The van der Waals surface area contributed by atoms with Crippen LogP contribution in [-0.4, -0.2) is 7.11 Å². The van der Waals surface area contributed by atoms with Gasteiger partial charge in [-0.25, -0.2) is 4.39 Å². The Morgan fingerprint density at radius 2 is 1.90 bits per heavy atom. The van der Waals surface area contributed by atoms with Crippen LogP contribution >= 0.6 is 0 Å². The zero-order valence-electron chi connectivity index (χ0n) is 11.1. The molecule has 3 nitrogen and oxygen atoms in total. The largest absolute Gasteiger partial charge is 0.497 e. The van der Waals surface area contributed by atoms with E-state index < -0.39 is 5.82 Å². The van der Waals surface area contributed by atoms with Crippen molar-refractivity contribution in [3.8, 4) is 11.8 Å². The summed E-state index contributed by atoms with van der Waals surface area (Å²) in [5.41, 5.74) is 1.91. The summed E-state index contributed by atoms with van der Waals surface area (Å²) in [5, 5.41) is 8.78. The number of hydrogen-bond donors (Lipinski definition) is 0. The smallest absolute Gasteiger partial charge is 0.124 e. The summed E-state index contributed by atoms with van der Waals surface area (Å²) in [6.07, 6.45) is 0. The van der Waals surface area contributed by atoms with Crippen LogP contribution in [0.3, 0.4) is 0 Å². The third-order valence-electron chi connectivity index (χ3n) is 2.76. The number of ether oxygens (including phenoxy) is 2. The average molecular weight is 271 g/mol. The Kier molecular flexibility index (Phi) is 4.70. The predicted molar refractivity (Wildman–Crippen MR) is 72.6 cm³/mol. The van der Waals surface area contributed by atoms with E-state index in [2.05, 4.69) is 0 Å². The monoisotopic (exact) mass is 271 g/mol. The van der Waals surface area contributed by atoms with Crippen molar-refractivity contribution in [1.82, 2.24) is 0 Å². The van der Waals surface area contributed by atoms with Crippen molar-refractivity contribution < 1.29 is 13.9 Å². The van der Waals surface area contributed by atoms with Gasteiger partial charge in [0.25, 0.3) is 0 Å². The van der Waals surface area contributed by atoms with Gasteiger partial charge in [-0.05, 0) is 41.5 Å². The average Bonchev–Trinajstić information content (AvgIpc) is 2.47. The van der Waals surface area contributed by atoms with Crippen LogP contribution in [0.4, 0.5) is 4.39 Å². The Morgan fingerprint density at radius 3 is 2.65 bits per heavy atom. The molecule has 2 rings (SSSR count). The highest BCUT2D eigenvalue weighted by molar-refractivity contribution is 5.33. The number of halogens is 1. The molecule has 0 aromatic heterocycles. The summed E-state index contributed by atoms with van der Waals surface area (Å²) in [4.78, 5) is 0. The number of rotatable bonds is 5. The van der Waals surface area contributed by atoms with Crippen LogP contribution in [0, 0.1) is 17.1 Å². The van der Waals surface area contributed by atoms with Gasteiger partial charge in [0.15, 0.2) is 0 Å². The topological polar surface area (TPSA) is 42.2 Å². The zero-order valence-corrected chi connectivity index (χ0v) is 11.1. The molecule has 0 amide bonds. The minimum absolute atomic E-state index is 0.254. The fourth-order valence-electron chi connectivity index (χ4n) is 1.85. The number of nitrogens with zero attached hydrogens (tertiary/aromatic N) is 1. The third-order valence-corrected chi connectivity index (χ3v) is 2.76. The second kappa shape index (κ2) is 6.69. The lowest BCUT2D eigenvalue weighted by Crippen LogP contribution is -1.96. The van der Waals surface area contributed by atoms with Crippen LogP contribution in [0.25, 0.3) is 0 Å². The van der Waals surface area contributed by atoms with E-state index in [1.54, 1.807) is 13.2 Å². The maximum absolute atomic E-state index is 13.2. The molecule has 20 heavy (non-hydrogen) atoms. The van der Waals surface area contributed by atoms with Crippen molar-refractivity contribution in [2.45, 2.75) is 13.2 Å². The Balaban J connectivity index is 1.96. The molecule has 0 heterocycles. The van der Waals surface area contributed by atoms with Crippen LogP contribution in [0.2, 0.25) is 0 Å². The van der Waals surface area contributed by atoms with Gasteiger partial charge in [0.05, 0.1) is 32.0 Å². The zero-order chi connectivity index (χ0) is 14.4. The Hall–Kier alpha value is -2.38. The third kappa shape index (κ3) is 3.81. The summed E-state index contributed by atoms with van der Waals surface area (Å²) in [5.74, 6) is 0.340. The molecule has 0 fully saturated rings. The van der Waals surface area contributed by atoms with E-state index in [-0.39, 0.29) is 6.61 Å². The Labute approximate surface area is 117 Å². The summed E-state index contributed by atoms with van der Waals surface area (Å²) < 4.78 is 23.9. The summed E-state index contributed by atoms with van der Waals surface area (Å²) in [7, 11) is 1.61. The second-order valence-electron chi connectivity index (χ2n) is 4.30. The van der Waals surface area contributed by atoms with Gasteiger partial charge in [0.1, 0.15) is 11.6 Å². The molecular weight excluding hydrogens is 257 g/mol. The molecule has 102 valence electrons. The van der Waals surface area contributed by atoms with E-state index >= 15 is 0 Å². The first kappa shape index (κ1) is 14.0. The Morgan fingerprint density at radius 1 is 1.10 bits per heavy atom. The van der Waals surface area contributed by atoms with Gasteiger partial charge in [-0.2, -0.15) is 5.26 Å². The molecular formula is C16H14FNO2. The molecule has 0 bridgehead atoms. The van der Waals surface area contributed by atoms with Gasteiger partial charge >= 0.3 is 0 Å². The lowest BCUT2D eigenvalue weighted by molar-refractivity contribution is 0.107. The number of nitriles is 1. The van der Waals surface area contributed by atoms with Crippen molar-refractivity contribution in [1.29, 1.82) is 5.26 Å². The van der Waals surface area contributed by atoms with Crippen molar-refractivity contribution in [2.24, 2.45) is 0 Å². The Bertz CT molecular complexity index is 635. The minimum Gasteiger partial charge on any atom is -0.497 e. The molecule has 0 aliphatic heterocycles. The summed E-state index contributed by atoms with van der Waals surface area (Å²) in [6.45, 7) is 0.652. The maximum atomic E-state index is 13.2. The van der Waals surface area contributed by atoms with Crippen LogP contribution in [0.5, 0.6) is 5.75 Å². The molecule has 0 atom stereocenters. The molecule has 0 aliphatic carbocycles. The molecule has 0 radical (unpaired) electrons. The molecule has 0 saturated carbocycles. The van der Waals surface area contributed by atoms with Gasteiger partial charge in [-0.15, -0.1) is 0 Å². The van der Waals surface area contributed by atoms with Crippen LogP contribution in [0.15, 0.2) is 42.5 Å². The van der Waals surface area contributed by atoms with Crippen LogP contribution in [-0.2, 0) is 18.0 Å². The SMILES string of the molecule is COc1cccc(COCc2cc(F)cc(C#N)c2)c1. The molecule has 0 unspecified atom stereocenters. The fraction of sp³-hybridized carbons (Fsp3) is 0.188. The highest BCUT2D eigenvalue weighted by atomic mass is 19.1. The number of methoxy groups -OCH3 is 1. The van der Waals surface area contributed by atoms with Gasteiger partial charge in [0, 0.05) is 0 Å². The molecule has 0 N–H and O–H groups in total. The van der Waals surface area contributed by atoms with Gasteiger partial charge in [-0.1, -0.05) is 12.1 Å². The van der Waals surface area contributed by atoms with E-state index in [0.717, 1.165) is 11.3 Å². The number of benzene rings is 2. The molecule has 2 aromatic rings. The molecule has 2 aromatic carbocycles. The molecule has 0 aliphatic rings. The first-order valence-corrected chi connectivity index (χ1v) is 6.11. The highest BCUT2D eigenvalue weighted by Crippen LogP contribution is 2.15.